The molecule has 0 aliphatic carbocycles. The van der Waals surface area contributed by atoms with Crippen molar-refractivity contribution in [1.82, 2.24) is 10.2 Å². The summed E-state index contributed by atoms with van der Waals surface area (Å²) in [5, 5.41) is 6.19. The van der Waals surface area contributed by atoms with E-state index in [9.17, 15) is 4.79 Å². The topological polar surface area (TPSA) is 45.5 Å². The van der Waals surface area contributed by atoms with Gasteiger partial charge in [0.25, 0.3) is 5.91 Å². The zero-order chi connectivity index (χ0) is 16.5. The Balaban J connectivity index is 1.58. The van der Waals surface area contributed by atoms with Crippen LogP contribution in [0.2, 0.25) is 0 Å². The van der Waals surface area contributed by atoms with Crippen LogP contribution in [0.25, 0.3) is 21.7 Å². The maximum Gasteiger partial charge on any atom is 0.287 e. The van der Waals surface area contributed by atoms with Crippen LogP contribution in [0.4, 0.5) is 0 Å². The Hall–Kier alpha value is -2.33. The minimum absolute atomic E-state index is 0.119. The van der Waals surface area contributed by atoms with E-state index in [1.54, 1.807) is 0 Å². The molecule has 4 rings (SSSR count). The third-order valence-electron chi connectivity index (χ3n) is 4.95. The molecular weight excluding hydrogens is 300 g/mol. The fourth-order valence-electron chi connectivity index (χ4n) is 3.58. The summed E-state index contributed by atoms with van der Waals surface area (Å²) in [5.74, 6) is 0.315. The maximum absolute atomic E-state index is 12.5. The Kier molecular flexibility index (Phi) is 3.98. The second-order valence-corrected chi connectivity index (χ2v) is 6.52. The average molecular weight is 322 g/mol. The van der Waals surface area contributed by atoms with Crippen molar-refractivity contribution in [2.45, 2.75) is 19.8 Å². The van der Waals surface area contributed by atoms with E-state index in [2.05, 4.69) is 22.3 Å². The molecule has 2 heterocycles. The molecule has 0 spiro atoms. The molecule has 1 aliphatic rings. The SMILES string of the molecule is Cc1c(C(=O)NCCN2CCCC2)oc2c1ccc1ccccc12. The molecule has 1 amide bonds. The molecule has 1 saturated heterocycles. The van der Waals surface area contributed by atoms with Crippen molar-refractivity contribution in [2.75, 3.05) is 26.2 Å². The highest BCUT2D eigenvalue weighted by atomic mass is 16.3. The first kappa shape index (κ1) is 15.2. The number of fused-ring (bicyclic) bond motifs is 3. The van der Waals surface area contributed by atoms with Crippen molar-refractivity contribution in [3.8, 4) is 0 Å². The number of nitrogens with one attached hydrogen (secondary N) is 1. The van der Waals surface area contributed by atoms with Gasteiger partial charge in [-0.15, -0.1) is 0 Å². The van der Waals surface area contributed by atoms with E-state index in [0.717, 1.165) is 46.9 Å². The fraction of sp³-hybridized carbons (Fsp3) is 0.350. The molecule has 4 nitrogen and oxygen atoms in total. The molecular formula is C20H22N2O2. The minimum Gasteiger partial charge on any atom is -0.450 e. The average Bonchev–Trinajstić information content (AvgIpc) is 3.23. The maximum atomic E-state index is 12.5. The number of carbonyl (C=O) groups excluding carboxylic acids is 1. The van der Waals surface area contributed by atoms with Crippen LogP contribution < -0.4 is 5.32 Å². The lowest BCUT2D eigenvalue weighted by atomic mass is 10.1. The minimum atomic E-state index is -0.119. The first-order valence-electron chi connectivity index (χ1n) is 8.65. The van der Waals surface area contributed by atoms with Gasteiger partial charge in [0.05, 0.1) is 0 Å². The van der Waals surface area contributed by atoms with Crippen molar-refractivity contribution < 1.29 is 9.21 Å². The number of hydrogen-bond acceptors (Lipinski definition) is 3. The van der Waals surface area contributed by atoms with Crippen LogP contribution in [0.15, 0.2) is 40.8 Å². The normalized spacial score (nSPS) is 15.4. The molecule has 3 aromatic rings. The Bertz CT molecular complexity index is 891. The molecule has 2 aromatic carbocycles. The molecule has 24 heavy (non-hydrogen) atoms. The number of benzene rings is 2. The first-order chi connectivity index (χ1) is 11.7. The summed E-state index contributed by atoms with van der Waals surface area (Å²) in [6.07, 6.45) is 2.54. The van der Waals surface area contributed by atoms with Gasteiger partial charge in [-0.1, -0.05) is 36.4 Å². The summed E-state index contributed by atoms with van der Waals surface area (Å²) in [6.45, 7) is 5.82. The van der Waals surface area contributed by atoms with Gasteiger partial charge in [-0.25, -0.2) is 0 Å². The van der Waals surface area contributed by atoms with Crippen molar-refractivity contribution >= 4 is 27.6 Å². The third-order valence-corrected chi connectivity index (χ3v) is 4.95. The Morgan fingerprint density at radius 1 is 1.12 bits per heavy atom. The molecule has 0 atom stereocenters. The highest BCUT2D eigenvalue weighted by Crippen LogP contribution is 2.31. The molecule has 0 radical (unpaired) electrons. The molecule has 1 N–H and O–H groups in total. The largest absolute Gasteiger partial charge is 0.450 e. The number of nitrogens with zero attached hydrogens (tertiary/aromatic N) is 1. The summed E-state index contributed by atoms with van der Waals surface area (Å²) < 4.78 is 5.97. The lowest BCUT2D eigenvalue weighted by molar-refractivity contribution is 0.0923. The van der Waals surface area contributed by atoms with E-state index in [0.29, 0.717) is 12.3 Å². The van der Waals surface area contributed by atoms with Crippen LogP contribution in [0.3, 0.4) is 0 Å². The van der Waals surface area contributed by atoms with E-state index in [4.69, 9.17) is 4.42 Å². The van der Waals surface area contributed by atoms with Crippen molar-refractivity contribution in [3.63, 3.8) is 0 Å². The molecule has 124 valence electrons. The number of carbonyl (C=O) groups is 1. The Labute approximate surface area is 141 Å². The number of likely N-dealkylation sites (tertiary alicyclic amines) is 1. The Morgan fingerprint density at radius 3 is 2.75 bits per heavy atom. The van der Waals surface area contributed by atoms with Crippen LogP contribution >= 0.6 is 0 Å². The number of aryl methyl sites for hydroxylation is 1. The monoisotopic (exact) mass is 322 g/mol. The first-order valence-corrected chi connectivity index (χ1v) is 8.65. The summed E-state index contributed by atoms with van der Waals surface area (Å²) in [4.78, 5) is 14.9. The lowest BCUT2D eigenvalue weighted by Gasteiger charge is -2.14. The van der Waals surface area contributed by atoms with Crippen molar-refractivity contribution in [3.05, 3.63) is 47.7 Å². The smallest absolute Gasteiger partial charge is 0.287 e. The van der Waals surface area contributed by atoms with Gasteiger partial charge in [-0.3, -0.25) is 4.79 Å². The third kappa shape index (κ3) is 2.67. The van der Waals surface area contributed by atoms with Crippen molar-refractivity contribution in [2.24, 2.45) is 0 Å². The zero-order valence-corrected chi connectivity index (χ0v) is 14.0. The summed E-state index contributed by atoms with van der Waals surface area (Å²) in [5.41, 5.74) is 1.71. The number of furan rings is 1. The molecule has 0 bridgehead atoms. The summed E-state index contributed by atoms with van der Waals surface area (Å²) in [7, 11) is 0. The van der Waals surface area contributed by atoms with Crippen LogP contribution in [-0.2, 0) is 0 Å². The van der Waals surface area contributed by atoms with E-state index >= 15 is 0 Å². The van der Waals surface area contributed by atoms with Gasteiger partial charge in [0, 0.05) is 29.4 Å². The zero-order valence-electron chi connectivity index (χ0n) is 14.0. The fourth-order valence-corrected chi connectivity index (χ4v) is 3.58. The standard InChI is InChI=1S/C20H22N2O2/c1-14-16-9-8-15-6-2-3-7-17(15)19(16)24-18(14)20(23)21-10-13-22-11-4-5-12-22/h2-3,6-9H,4-5,10-13H2,1H3,(H,21,23). The van der Waals surface area contributed by atoms with Gasteiger partial charge >= 0.3 is 0 Å². The van der Waals surface area contributed by atoms with Crippen LogP contribution in [0, 0.1) is 6.92 Å². The van der Waals surface area contributed by atoms with Gasteiger partial charge in [-0.2, -0.15) is 0 Å². The van der Waals surface area contributed by atoms with E-state index in [1.165, 1.54) is 12.8 Å². The van der Waals surface area contributed by atoms with E-state index in [1.807, 2.05) is 31.2 Å². The molecule has 0 saturated carbocycles. The van der Waals surface area contributed by atoms with Crippen molar-refractivity contribution in [1.29, 1.82) is 0 Å². The molecule has 1 aliphatic heterocycles. The summed E-state index contributed by atoms with van der Waals surface area (Å²) in [6, 6.07) is 12.2. The van der Waals surface area contributed by atoms with Crippen LogP contribution in [-0.4, -0.2) is 37.0 Å². The molecule has 4 heteroatoms. The van der Waals surface area contributed by atoms with Crippen LogP contribution in [0.5, 0.6) is 0 Å². The van der Waals surface area contributed by atoms with Gasteiger partial charge in [0.15, 0.2) is 5.76 Å². The second-order valence-electron chi connectivity index (χ2n) is 6.52. The number of hydrogen-bond donors (Lipinski definition) is 1. The van der Waals surface area contributed by atoms with Gasteiger partial charge < -0.3 is 14.6 Å². The van der Waals surface area contributed by atoms with Gasteiger partial charge in [-0.05, 0) is 38.2 Å². The second kappa shape index (κ2) is 6.29. The number of rotatable bonds is 4. The lowest BCUT2D eigenvalue weighted by Crippen LogP contribution is -2.33. The Morgan fingerprint density at radius 2 is 1.92 bits per heavy atom. The van der Waals surface area contributed by atoms with E-state index in [-0.39, 0.29) is 5.91 Å². The predicted molar refractivity (Wildman–Crippen MR) is 96.5 cm³/mol. The molecule has 1 aromatic heterocycles. The highest BCUT2D eigenvalue weighted by Gasteiger charge is 2.19. The predicted octanol–water partition coefficient (Wildman–Crippen LogP) is 3.72. The molecule has 1 fully saturated rings. The highest BCUT2D eigenvalue weighted by molar-refractivity contribution is 6.08. The van der Waals surface area contributed by atoms with Gasteiger partial charge in [0.1, 0.15) is 5.58 Å². The van der Waals surface area contributed by atoms with Crippen LogP contribution in [0.1, 0.15) is 29.0 Å². The van der Waals surface area contributed by atoms with Gasteiger partial charge in [0.2, 0.25) is 0 Å². The van der Waals surface area contributed by atoms with E-state index < -0.39 is 0 Å². The quantitative estimate of drug-likeness (QED) is 0.796. The summed E-state index contributed by atoms with van der Waals surface area (Å²) >= 11 is 0. The number of amides is 1. The molecule has 0 unspecified atom stereocenters.